The molecule has 4 rings (SSSR count). The van der Waals surface area contributed by atoms with Gasteiger partial charge in [-0.1, -0.05) is 50.1 Å². The summed E-state index contributed by atoms with van der Waals surface area (Å²) in [7, 11) is 3.33. The minimum atomic E-state index is -0.111. The Hall–Kier alpha value is -3.99. The molecule has 38 heavy (non-hydrogen) atoms. The summed E-state index contributed by atoms with van der Waals surface area (Å²) < 4.78 is 22.6. The lowest BCUT2D eigenvalue weighted by atomic mass is 9.99. The predicted octanol–water partition coefficient (Wildman–Crippen LogP) is 8.37. The van der Waals surface area contributed by atoms with Crippen molar-refractivity contribution < 1.29 is 23.7 Å². The number of rotatable bonds is 13. The zero-order valence-corrected chi connectivity index (χ0v) is 22.5. The fourth-order valence-electron chi connectivity index (χ4n) is 4.40. The van der Waals surface area contributed by atoms with Gasteiger partial charge >= 0.3 is 5.97 Å². The van der Waals surface area contributed by atoms with E-state index in [1.165, 1.54) is 0 Å². The Bertz CT molecular complexity index is 1330. The summed E-state index contributed by atoms with van der Waals surface area (Å²) in [5.74, 6) is 3.03. The molecule has 0 spiro atoms. The molecule has 0 unspecified atom stereocenters. The van der Waals surface area contributed by atoms with E-state index in [4.69, 9.17) is 18.9 Å². The first-order chi connectivity index (χ1) is 18.6. The van der Waals surface area contributed by atoms with Crippen LogP contribution in [0.5, 0.6) is 23.0 Å². The summed E-state index contributed by atoms with van der Waals surface area (Å²) in [6, 6.07) is 26.2. The van der Waals surface area contributed by atoms with Crippen LogP contribution in [0.25, 0.3) is 21.9 Å². The van der Waals surface area contributed by atoms with Crippen molar-refractivity contribution in [2.24, 2.45) is 0 Å². The third-order valence-electron chi connectivity index (χ3n) is 6.58. The van der Waals surface area contributed by atoms with E-state index in [0.29, 0.717) is 13.0 Å². The molecule has 0 amide bonds. The summed E-state index contributed by atoms with van der Waals surface area (Å²) in [4.78, 5) is 11.9. The van der Waals surface area contributed by atoms with Crippen LogP contribution in [0.2, 0.25) is 0 Å². The van der Waals surface area contributed by atoms with Crippen LogP contribution in [-0.2, 0) is 16.0 Å². The van der Waals surface area contributed by atoms with E-state index in [9.17, 15) is 4.79 Å². The Kier molecular flexibility index (Phi) is 9.63. The van der Waals surface area contributed by atoms with Crippen molar-refractivity contribution in [3.05, 3.63) is 84.4 Å². The van der Waals surface area contributed by atoms with Crippen molar-refractivity contribution >= 4 is 16.7 Å². The zero-order chi connectivity index (χ0) is 26.7. The number of methoxy groups -OCH3 is 2. The number of hydrogen-bond donors (Lipinski definition) is 0. The van der Waals surface area contributed by atoms with Crippen molar-refractivity contribution in [1.82, 2.24) is 0 Å². The molecular weight excluding hydrogens is 476 g/mol. The average Bonchev–Trinajstić information content (AvgIpc) is 2.96. The average molecular weight is 513 g/mol. The van der Waals surface area contributed by atoms with Crippen LogP contribution in [0.1, 0.15) is 44.6 Å². The van der Waals surface area contributed by atoms with Gasteiger partial charge in [0.2, 0.25) is 0 Å². The molecule has 0 aliphatic carbocycles. The van der Waals surface area contributed by atoms with Gasteiger partial charge in [-0.05, 0) is 84.3 Å². The van der Waals surface area contributed by atoms with Gasteiger partial charge in [0, 0.05) is 17.4 Å². The van der Waals surface area contributed by atoms with Gasteiger partial charge < -0.3 is 18.9 Å². The monoisotopic (exact) mass is 512 g/mol. The molecule has 0 radical (unpaired) electrons. The number of ether oxygens (including phenoxy) is 4. The van der Waals surface area contributed by atoms with Gasteiger partial charge in [0.25, 0.3) is 0 Å². The molecule has 0 heterocycles. The van der Waals surface area contributed by atoms with Crippen LogP contribution in [-0.4, -0.2) is 26.8 Å². The number of carbonyl (C=O) groups is 1. The second-order valence-corrected chi connectivity index (χ2v) is 9.28. The summed E-state index contributed by atoms with van der Waals surface area (Å²) in [5.41, 5.74) is 3.19. The van der Waals surface area contributed by atoms with E-state index in [-0.39, 0.29) is 5.97 Å². The van der Waals surface area contributed by atoms with E-state index < -0.39 is 0 Å². The smallest absolute Gasteiger partial charge is 0.305 e. The molecule has 0 atom stereocenters. The molecular formula is C33H36O5. The molecule has 198 valence electrons. The number of esters is 1. The molecule has 0 saturated carbocycles. The van der Waals surface area contributed by atoms with Crippen LogP contribution in [0, 0.1) is 0 Å². The lowest BCUT2D eigenvalue weighted by Gasteiger charge is -2.16. The Morgan fingerprint density at radius 3 is 2.16 bits per heavy atom. The maximum atomic E-state index is 11.9. The minimum Gasteiger partial charge on any atom is -0.497 e. The predicted molar refractivity (Wildman–Crippen MR) is 152 cm³/mol. The van der Waals surface area contributed by atoms with Crippen LogP contribution in [0.4, 0.5) is 0 Å². The minimum absolute atomic E-state index is 0.111. The fourth-order valence-corrected chi connectivity index (χ4v) is 4.40. The number of carbonyl (C=O) groups excluding carboxylic acids is 1. The van der Waals surface area contributed by atoms with E-state index in [0.717, 1.165) is 82.6 Å². The van der Waals surface area contributed by atoms with Gasteiger partial charge in [-0.25, -0.2) is 0 Å². The molecule has 0 aliphatic rings. The Labute approximate surface area is 225 Å². The van der Waals surface area contributed by atoms with Crippen LogP contribution in [0.15, 0.2) is 78.9 Å². The van der Waals surface area contributed by atoms with Crippen molar-refractivity contribution in [3.63, 3.8) is 0 Å². The maximum Gasteiger partial charge on any atom is 0.305 e. The molecule has 5 nitrogen and oxygen atoms in total. The van der Waals surface area contributed by atoms with Gasteiger partial charge in [0.15, 0.2) is 0 Å². The first-order valence-corrected chi connectivity index (χ1v) is 13.3. The summed E-state index contributed by atoms with van der Waals surface area (Å²) in [6.07, 6.45) is 5.17. The van der Waals surface area contributed by atoms with Crippen LogP contribution >= 0.6 is 0 Å². The van der Waals surface area contributed by atoms with Gasteiger partial charge in [0.1, 0.15) is 23.0 Å². The molecule has 0 aromatic heterocycles. The quantitative estimate of drug-likeness (QED) is 0.133. The van der Waals surface area contributed by atoms with E-state index in [2.05, 4.69) is 31.2 Å². The number of fused-ring (bicyclic) bond motifs is 1. The standard InChI is InChI=1S/C33H36O5/c1-4-5-6-22-37-32(34)9-7-8-24-10-15-28(16-11-24)38-33-30(25-12-17-27(35-2)18-13-25)20-14-26-23-29(36-3)19-21-31(26)33/h10-21,23H,4-9,22H2,1-3H3. The Morgan fingerprint density at radius 2 is 1.45 bits per heavy atom. The molecule has 0 aliphatic heterocycles. The third kappa shape index (κ3) is 7.06. The molecule has 4 aromatic carbocycles. The van der Waals surface area contributed by atoms with Crippen molar-refractivity contribution in [1.29, 1.82) is 0 Å². The highest BCUT2D eigenvalue weighted by atomic mass is 16.5. The Morgan fingerprint density at radius 1 is 0.737 bits per heavy atom. The lowest BCUT2D eigenvalue weighted by Crippen LogP contribution is -2.06. The summed E-state index contributed by atoms with van der Waals surface area (Å²) in [6.45, 7) is 2.66. The van der Waals surface area contributed by atoms with Crippen LogP contribution in [0.3, 0.4) is 0 Å². The maximum absolute atomic E-state index is 11.9. The van der Waals surface area contributed by atoms with Crippen LogP contribution < -0.4 is 14.2 Å². The highest BCUT2D eigenvalue weighted by Gasteiger charge is 2.14. The second-order valence-electron chi connectivity index (χ2n) is 9.28. The van der Waals surface area contributed by atoms with Crippen molar-refractivity contribution in [2.75, 3.05) is 20.8 Å². The highest BCUT2D eigenvalue weighted by molar-refractivity contribution is 5.96. The summed E-state index contributed by atoms with van der Waals surface area (Å²) >= 11 is 0. The first-order valence-electron chi connectivity index (χ1n) is 13.3. The number of benzene rings is 4. The van der Waals surface area contributed by atoms with Crippen molar-refractivity contribution in [2.45, 2.75) is 45.4 Å². The number of hydrogen-bond acceptors (Lipinski definition) is 5. The molecule has 0 saturated heterocycles. The molecule has 4 aromatic rings. The lowest BCUT2D eigenvalue weighted by molar-refractivity contribution is -0.143. The molecule has 5 heteroatoms. The van der Waals surface area contributed by atoms with Gasteiger partial charge in [-0.3, -0.25) is 4.79 Å². The van der Waals surface area contributed by atoms with Gasteiger partial charge in [-0.2, -0.15) is 0 Å². The number of aryl methyl sites for hydroxylation is 1. The van der Waals surface area contributed by atoms with E-state index in [1.54, 1.807) is 14.2 Å². The second kappa shape index (κ2) is 13.5. The van der Waals surface area contributed by atoms with Gasteiger partial charge in [0.05, 0.1) is 20.8 Å². The Balaban J connectivity index is 1.49. The zero-order valence-electron chi connectivity index (χ0n) is 22.5. The van der Waals surface area contributed by atoms with Crippen molar-refractivity contribution in [3.8, 4) is 34.1 Å². The largest absolute Gasteiger partial charge is 0.497 e. The van der Waals surface area contributed by atoms with E-state index >= 15 is 0 Å². The summed E-state index contributed by atoms with van der Waals surface area (Å²) in [5, 5.41) is 2.04. The number of unbranched alkanes of at least 4 members (excludes halogenated alkanes) is 2. The molecule has 0 N–H and O–H groups in total. The fraction of sp³-hybridized carbons (Fsp3) is 0.303. The molecule has 0 bridgehead atoms. The van der Waals surface area contributed by atoms with E-state index in [1.807, 2.05) is 54.6 Å². The SMILES string of the molecule is CCCCCOC(=O)CCCc1ccc(Oc2c(-c3ccc(OC)cc3)ccc3cc(OC)ccc23)cc1. The highest BCUT2D eigenvalue weighted by Crippen LogP contribution is 2.41. The molecule has 0 fully saturated rings. The third-order valence-corrected chi connectivity index (χ3v) is 6.58. The topological polar surface area (TPSA) is 54.0 Å². The van der Waals surface area contributed by atoms with Gasteiger partial charge in [-0.15, -0.1) is 0 Å². The first kappa shape index (κ1) is 27.1. The normalized spacial score (nSPS) is 10.8.